The van der Waals surface area contributed by atoms with Crippen LogP contribution in [-0.2, 0) is 30.5 Å². The highest BCUT2D eigenvalue weighted by Gasteiger charge is 2.33. The maximum absolute atomic E-state index is 13.2. The van der Waals surface area contributed by atoms with Crippen LogP contribution in [0.4, 0.5) is 18.9 Å². The van der Waals surface area contributed by atoms with E-state index in [2.05, 4.69) is 22.4 Å². The molecule has 3 aromatic rings. The molecule has 1 N–H and O–H groups in total. The molecule has 0 unspecified atom stereocenters. The van der Waals surface area contributed by atoms with Crippen molar-refractivity contribution in [3.8, 4) is 5.75 Å². The van der Waals surface area contributed by atoms with Crippen molar-refractivity contribution in [2.45, 2.75) is 51.7 Å². The van der Waals surface area contributed by atoms with Crippen molar-refractivity contribution in [2.24, 2.45) is 5.92 Å². The number of anilines is 1. The number of hydrogen-bond donors (Lipinski definition) is 1. The van der Waals surface area contributed by atoms with Crippen molar-refractivity contribution in [3.63, 3.8) is 0 Å². The third-order valence-corrected chi connectivity index (χ3v) is 5.85. The number of aromatic nitrogens is 3. The second kappa shape index (κ2) is 11.4. The highest BCUT2D eigenvalue weighted by Crippen LogP contribution is 2.34. The molecule has 6 nitrogen and oxygen atoms in total. The van der Waals surface area contributed by atoms with Crippen LogP contribution in [0.3, 0.4) is 0 Å². The normalized spacial score (nSPS) is 11.6. The Balaban J connectivity index is 1.66. The minimum atomic E-state index is -4.56. The molecular formula is C24H27F3N4O2S. The van der Waals surface area contributed by atoms with Gasteiger partial charge in [-0.25, -0.2) is 0 Å². The van der Waals surface area contributed by atoms with E-state index in [0.29, 0.717) is 23.3 Å². The van der Waals surface area contributed by atoms with Gasteiger partial charge >= 0.3 is 6.18 Å². The number of nitrogens with one attached hydrogen (secondary N) is 1. The Morgan fingerprint density at radius 2 is 1.82 bits per heavy atom. The number of carbonyl (C=O) groups excluding carboxylic acids is 1. The molecule has 182 valence electrons. The van der Waals surface area contributed by atoms with Crippen LogP contribution in [0, 0.1) is 5.92 Å². The fourth-order valence-electron chi connectivity index (χ4n) is 3.21. The first-order chi connectivity index (χ1) is 16.2. The summed E-state index contributed by atoms with van der Waals surface area (Å²) in [6.07, 6.45) is -3.61. The summed E-state index contributed by atoms with van der Waals surface area (Å²) in [6.45, 7) is 6.99. The Labute approximate surface area is 200 Å². The maximum atomic E-state index is 13.2. The molecular weight excluding hydrogens is 465 g/mol. The van der Waals surface area contributed by atoms with Crippen molar-refractivity contribution in [3.05, 3.63) is 65.5 Å². The summed E-state index contributed by atoms with van der Waals surface area (Å²) in [7, 11) is 0. The lowest BCUT2D eigenvalue weighted by Gasteiger charge is -2.14. The van der Waals surface area contributed by atoms with Crippen LogP contribution in [0.5, 0.6) is 5.75 Å². The molecule has 1 amide bonds. The minimum Gasteiger partial charge on any atom is -0.486 e. The summed E-state index contributed by atoms with van der Waals surface area (Å²) in [5, 5.41) is 11.2. The van der Waals surface area contributed by atoms with E-state index in [-0.39, 0.29) is 24.0 Å². The monoisotopic (exact) mass is 492 g/mol. The summed E-state index contributed by atoms with van der Waals surface area (Å²) < 4.78 is 47.2. The van der Waals surface area contributed by atoms with Crippen LogP contribution >= 0.6 is 11.8 Å². The number of rotatable bonds is 10. The molecule has 0 spiro atoms. The zero-order valence-electron chi connectivity index (χ0n) is 19.2. The predicted octanol–water partition coefficient (Wildman–Crippen LogP) is 5.83. The molecule has 0 radical (unpaired) electrons. The topological polar surface area (TPSA) is 69.0 Å². The summed E-state index contributed by atoms with van der Waals surface area (Å²) in [5.41, 5.74) is 0.0558. The fourth-order valence-corrected chi connectivity index (χ4v) is 3.97. The Hall–Kier alpha value is -3.01. The van der Waals surface area contributed by atoms with E-state index in [9.17, 15) is 18.0 Å². The lowest BCUT2D eigenvalue weighted by molar-refractivity contribution is -0.137. The van der Waals surface area contributed by atoms with Crippen molar-refractivity contribution >= 4 is 23.4 Å². The third kappa shape index (κ3) is 6.99. The second-order valence-electron chi connectivity index (χ2n) is 8.07. The predicted molar refractivity (Wildman–Crippen MR) is 126 cm³/mol. The number of aryl methyl sites for hydroxylation is 1. The van der Waals surface area contributed by atoms with E-state index in [4.69, 9.17) is 4.74 Å². The molecule has 2 aromatic carbocycles. The number of hydrogen-bond acceptors (Lipinski definition) is 5. The van der Waals surface area contributed by atoms with Gasteiger partial charge in [0, 0.05) is 6.54 Å². The average Bonchev–Trinajstić information content (AvgIpc) is 3.17. The first-order valence-corrected chi connectivity index (χ1v) is 11.9. The number of para-hydroxylation sites is 1. The number of ether oxygens (including phenoxy) is 1. The number of amides is 1. The summed E-state index contributed by atoms with van der Waals surface area (Å²) in [5.74, 6) is 0.939. The van der Waals surface area contributed by atoms with Gasteiger partial charge in [-0.05, 0) is 42.2 Å². The molecule has 0 aliphatic heterocycles. The summed E-state index contributed by atoms with van der Waals surface area (Å²) >= 11 is 1.12. The van der Waals surface area contributed by atoms with Crippen LogP contribution < -0.4 is 10.1 Å². The zero-order valence-corrected chi connectivity index (χ0v) is 20.0. The molecule has 0 aliphatic carbocycles. The molecule has 0 bridgehead atoms. The number of nitrogens with zero attached hydrogens (tertiary/aromatic N) is 3. The standard InChI is InChI=1S/C24H27F3N4O2S/c1-4-17-9-11-18(12-10-17)33-14-21-29-30-23(31(21)13-16(2)3)34-15-22(32)28-20-8-6-5-7-19(20)24(25,26)27/h5-12,16H,4,13-15H2,1-3H3,(H,28,32). The SMILES string of the molecule is CCc1ccc(OCc2nnc(SCC(=O)Nc3ccccc3C(F)(F)F)n2CC(C)C)cc1. The van der Waals surface area contributed by atoms with Gasteiger partial charge < -0.3 is 14.6 Å². The summed E-state index contributed by atoms with van der Waals surface area (Å²) in [4.78, 5) is 12.4. The fraction of sp³-hybridized carbons (Fsp3) is 0.375. The molecule has 0 saturated carbocycles. The van der Waals surface area contributed by atoms with E-state index in [1.165, 1.54) is 23.8 Å². The highest BCUT2D eigenvalue weighted by atomic mass is 32.2. The van der Waals surface area contributed by atoms with Crippen LogP contribution in [0.25, 0.3) is 0 Å². The Bertz CT molecular complexity index is 1100. The summed E-state index contributed by atoms with van der Waals surface area (Å²) in [6, 6.07) is 12.7. The molecule has 34 heavy (non-hydrogen) atoms. The van der Waals surface area contributed by atoms with Crippen LogP contribution in [0.1, 0.15) is 37.7 Å². The van der Waals surface area contributed by atoms with Crippen LogP contribution in [0.15, 0.2) is 53.7 Å². The molecule has 3 rings (SSSR count). The number of thioether (sulfide) groups is 1. The molecule has 0 atom stereocenters. The van der Waals surface area contributed by atoms with Gasteiger partial charge in [0.15, 0.2) is 11.0 Å². The Morgan fingerprint density at radius 3 is 2.47 bits per heavy atom. The van der Waals surface area contributed by atoms with Crippen molar-refractivity contribution < 1.29 is 22.7 Å². The zero-order chi connectivity index (χ0) is 24.7. The van der Waals surface area contributed by atoms with Crippen LogP contribution in [0.2, 0.25) is 0 Å². The van der Waals surface area contributed by atoms with Gasteiger partial charge in [0.1, 0.15) is 12.4 Å². The minimum absolute atomic E-state index is 0.109. The van der Waals surface area contributed by atoms with Gasteiger partial charge in [0.25, 0.3) is 0 Å². The second-order valence-corrected chi connectivity index (χ2v) is 9.01. The quantitative estimate of drug-likeness (QED) is 0.361. The molecule has 1 aromatic heterocycles. The highest BCUT2D eigenvalue weighted by molar-refractivity contribution is 7.99. The smallest absolute Gasteiger partial charge is 0.418 e. The molecule has 1 heterocycles. The maximum Gasteiger partial charge on any atom is 0.418 e. The Kier molecular flexibility index (Phi) is 8.60. The van der Waals surface area contributed by atoms with Crippen molar-refractivity contribution in [1.29, 1.82) is 0 Å². The van der Waals surface area contributed by atoms with E-state index < -0.39 is 17.6 Å². The van der Waals surface area contributed by atoms with Gasteiger partial charge in [0.2, 0.25) is 5.91 Å². The van der Waals surface area contributed by atoms with Gasteiger partial charge in [-0.2, -0.15) is 13.2 Å². The average molecular weight is 493 g/mol. The first-order valence-electron chi connectivity index (χ1n) is 10.9. The molecule has 0 fully saturated rings. The first kappa shape index (κ1) is 25.6. The lowest BCUT2D eigenvalue weighted by atomic mass is 10.1. The largest absolute Gasteiger partial charge is 0.486 e. The number of halogens is 3. The van der Waals surface area contributed by atoms with Crippen LogP contribution in [-0.4, -0.2) is 26.4 Å². The third-order valence-electron chi connectivity index (χ3n) is 4.88. The van der Waals surface area contributed by atoms with Crippen molar-refractivity contribution in [1.82, 2.24) is 14.8 Å². The number of carbonyl (C=O) groups is 1. The molecule has 10 heteroatoms. The molecule has 0 aliphatic rings. The van der Waals surface area contributed by atoms with Gasteiger partial charge in [-0.1, -0.05) is 56.8 Å². The number of benzene rings is 2. The van der Waals surface area contributed by atoms with Gasteiger partial charge in [-0.3, -0.25) is 4.79 Å². The van der Waals surface area contributed by atoms with Crippen molar-refractivity contribution in [2.75, 3.05) is 11.1 Å². The number of alkyl halides is 3. The van der Waals surface area contributed by atoms with E-state index >= 15 is 0 Å². The lowest BCUT2D eigenvalue weighted by Crippen LogP contribution is -2.18. The molecule has 0 saturated heterocycles. The Morgan fingerprint density at radius 1 is 1.12 bits per heavy atom. The van der Waals surface area contributed by atoms with E-state index in [1.54, 1.807) is 0 Å². The van der Waals surface area contributed by atoms with E-state index in [0.717, 1.165) is 24.2 Å². The van der Waals surface area contributed by atoms with E-state index in [1.807, 2.05) is 42.7 Å². The van der Waals surface area contributed by atoms with Gasteiger partial charge in [-0.15, -0.1) is 10.2 Å². The van der Waals surface area contributed by atoms with Gasteiger partial charge in [0.05, 0.1) is 17.0 Å².